The number of amides is 1. The van der Waals surface area contributed by atoms with Crippen LogP contribution in [0.15, 0.2) is 35.7 Å². The van der Waals surface area contributed by atoms with Crippen LogP contribution in [-0.2, 0) is 17.8 Å². The van der Waals surface area contributed by atoms with Gasteiger partial charge in [-0.25, -0.2) is 9.78 Å². The topological polar surface area (TPSA) is 91.7 Å². The molecule has 0 spiro atoms. The zero-order valence-corrected chi connectivity index (χ0v) is 19.3. The largest absolute Gasteiger partial charge is 0.444 e. The number of guanidine groups is 1. The number of pyridine rings is 1. The van der Waals surface area contributed by atoms with Crippen LogP contribution in [0.2, 0.25) is 0 Å². The number of ether oxygens (including phenoxy) is 1. The van der Waals surface area contributed by atoms with Gasteiger partial charge >= 0.3 is 6.09 Å². The van der Waals surface area contributed by atoms with Crippen molar-refractivity contribution >= 4 is 23.4 Å². The molecule has 0 unspecified atom stereocenters. The number of hydrogen-bond acceptors (Lipinski definition) is 6. The fourth-order valence-electron chi connectivity index (χ4n) is 2.61. The molecule has 0 bridgehead atoms. The van der Waals surface area contributed by atoms with Crippen LogP contribution >= 0.6 is 11.3 Å². The monoisotopic (exact) mass is 432 g/mol. The van der Waals surface area contributed by atoms with Crippen LogP contribution in [-0.4, -0.2) is 52.7 Å². The molecule has 9 heteroatoms. The minimum atomic E-state index is -0.539. The number of aryl methyl sites for hydroxylation is 1. The Kier molecular flexibility index (Phi) is 9.04. The summed E-state index contributed by atoms with van der Waals surface area (Å²) in [6.07, 6.45) is 5.77. The van der Waals surface area contributed by atoms with E-state index in [1.54, 1.807) is 35.7 Å². The number of rotatable bonds is 8. The first-order valence-electron chi connectivity index (χ1n) is 9.99. The van der Waals surface area contributed by atoms with E-state index < -0.39 is 5.60 Å². The van der Waals surface area contributed by atoms with Crippen molar-refractivity contribution in [1.29, 1.82) is 0 Å². The molecule has 0 saturated carbocycles. The molecule has 164 valence electrons. The van der Waals surface area contributed by atoms with Crippen LogP contribution < -0.4 is 10.6 Å². The lowest BCUT2D eigenvalue weighted by Crippen LogP contribution is -2.40. The van der Waals surface area contributed by atoms with Gasteiger partial charge in [-0.2, -0.15) is 0 Å². The second-order valence-corrected chi connectivity index (χ2v) is 9.15. The van der Waals surface area contributed by atoms with Crippen molar-refractivity contribution < 1.29 is 9.53 Å². The average Bonchev–Trinajstić information content (AvgIpc) is 3.11. The zero-order valence-electron chi connectivity index (χ0n) is 18.4. The first kappa shape index (κ1) is 23.6. The second-order valence-electron chi connectivity index (χ2n) is 7.83. The highest BCUT2D eigenvalue weighted by molar-refractivity contribution is 7.11. The van der Waals surface area contributed by atoms with Gasteiger partial charge in [0.25, 0.3) is 0 Å². The van der Waals surface area contributed by atoms with Gasteiger partial charge in [0, 0.05) is 43.6 Å². The Bertz CT molecular complexity index is 816. The van der Waals surface area contributed by atoms with Gasteiger partial charge in [0.2, 0.25) is 0 Å². The predicted molar refractivity (Wildman–Crippen MR) is 121 cm³/mol. The molecule has 2 rings (SSSR count). The summed E-state index contributed by atoms with van der Waals surface area (Å²) in [6.45, 7) is 9.96. The third-order valence-electron chi connectivity index (χ3n) is 3.94. The van der Waals surface area contributed by atoms with Crippen molar-refractivity contribution in [3.05, 3.63) is 46.2 Å². The van der Waals surface area contributed by atoms with Crippen molar-refractivity contribution in [2.45, 2.75) is 52.8 Å². The number of nitrogens with zero attached hydrogens (tertiary/aromatic N) is 4. The predicted octanol–water partition coefficient (Wildman–Crippen LogP) is 3.34. The molecule has 0 aliphatic carbocycles. The number of carbonyl (C=O) groups is 1. The molecule has 0 aliphatic rings. The SMILES string of the molecule is CN=C(NCCCN(Cc1cccnc1)C(=O)OC(C)(C)C)NCc1ncc(C)s1. The van der Waals surface area contributed by atoms with Crippen molar-refractivity contribution in [1.82, 2.24) is 25.5 Å². The van der Waals surface area contributed by atoms with Gasteiger partial charge in [0.15, 0.2) is 5.96 Å². The van der Waals surface area contributed by atoms with Crippen LogP contribution in [0.3, 0.4) is 0 Å². The van der Waals surface area contributed by atoms with Gasteiger partial charge < -0.3 is 20.3 Å². The Morgan fingerprint density at radius 1 is 1.30 bits per heavy atom. The molecular weight excluding hydrogens is 400 g/mol. The molecular formula is C21H32N6O2S. The van der Waals surface area contributed by atoms with Gasteiger partial charge in [-0.3, -0.25) is 9.98 Å². The molecule has 8 nitrogen and oxygen atoms in total. The summed E-state index contributed by atoms with van der Waals surface area (Å²) in [4.78, 5) is 28.2. The average molecular weight is 433 g/mol. The Morgan fingerprint density at radius 2 is 2.10 bits per heavy atom. The van der Waals surface area contributed by atoms with Crippen molar-refractivity contribution in [2.75, 3.05) is 20.1 Å². The summed E-state index contributed by atoms with van der Waals surface area (Å²) >= 11 is 1.66. The Balaban J connectivity index is 1.83. The van der Waals surface area contributed by atoms with Crippen molar-refractivity contribution in [3.8, 4) is 0 Å². The maximum absolute atomic E-state index is 12.6. The standard InChI is InChI=1S/C21H32N6O2S/c1-16-12-25-18(30-16)14-26-19(22-5)24-10-7-11-27(20(28)29-21(2,3)4)15-17-8-6-9-23-13-17/h6,8-9,12-13H,7,10-11,14-15H2,1-5H3,(H2,22,24,26). The number of carbonyl (C=O) groups excluding carboxylic acids is 1. The van der Waals surface area contributed by atoms with Gasteiger partial charge in [0.1, 0.15) is 10.6 Å². The zero-order chi connectivity index (χ0) is 22.0. The smallest absolute Gasteiger partial charge is 0.410 e. The molecule has 2 aromatic rings. The van der Waals surface area contributed by atoms with Gasteiger partial charge in [-0.15, -0.1) is 11.3 Å². The Labute approximate surface area is 182 Å². The van der Waals surface area contributed by atoms with E-state index in [-0.39, 0.29) is 6.09 Å². The Hall–Kier alpha value is -2.68. The molecule has 2 heterocycles. The third kappa shape index (κ3) is 8.77. The molecule has 2 aromatic heterocycles. The van der Waals surface area contributed by atoms with Crippen LogP contribution in [0.5, 0.6) is 0 Å². The van der Waals surface area contributed by atoms with E-state index in [1.807, 2.05) is 46.0 Å². The van der Waals surface area contributed by atoms with E-state index in [0.717, 1.165) is 17.0 Å². The molecule has 0 aliphatic heterocycles. The fraction of sp³-hybridized carbons (Fsp3) is 0.524. The Morgan fingerprint density at radius 3 is 2.70 bits per heavy atom. The van der Waals surface area contributed by atoms with Crippen LogP contribution in [0.25, 0.3) is 0 Å². The lowest BCUT2D eigenvalue weighted by molar-refractivity contribution is 0.0232. The van der Waals surface area contributed by atoms with E-state index in [9.17, 15) is 4.79 Å². The molecule has 0 aromatic carbocycles. The summed E-state index contributed by atoms with van der Waals surface area (Å²) in [5.41, 5.74) is 0.426. The van der Waals surface area contributed by atoms with Gasteiger partial charge in [0.05, 0.1) is 13.1 Å². The van der Waals surface area contributed by atoms with Gasteiger partial charge in [-0.05, 0) is 45.7 Å². The first-order valence-corrected chi connectivity index (χ1v) is 10.8. The lowest BCUT2D eigenvalue weighted by atomic mass is 10.2. The molecule has 1 amide bonds. The minimum Gasteiger partial charge on any atom is -0.444 e. The van der Waals surface area contributed by atoms with Crippen molar-refractivity contribution in [2.24, 2.45) is 4.99 Å². The molecule has 0 radical (unpaired) electrons. The molecule has 2 N–H and O–H groups in total. The number of hydrogen-bond donors (Lipinski definition) is 2. The van der Waals surface area contributed by atoms with E-state index in [2.05, 4.69) is 25.6 Å². The maximum Gasteiger partial charge on any atom is 0.410 e. The minimum absolute atomic E-state index is 0.326. The number of nitrogens with one attached hydrogen (secondary N) is 2. The number of aliphatic imine (C=N–C) groups is 1. The third-order valence-corrected chi connectivity index (χ3v) is 4.86. The van der Waals surface area contributed by atoms with E-state index in [4.69, 9.17) is 4.74 Å². The molecule has 30 heavy (non-hydrogen) atoms. The molecule has 0 atom stereocenters. The van der Waals surface area contributed by atoms with E-state index in [1.165, 1.54) is 4.88 Å². The summed E-state index contributed by atoms with van der Waals surface area (Å²) in [5, 5.41) is 7.55. The van der Waals surface area contributed by atoms with Crippen LogP contribution in [0, 0.1) is 6.92 Å². The normalized spacial score (nSPS) is 11.8. The van der Waals surface area contributed by atoms with Crippen LogP contribution in [0.1, 0.15) is 42.6 Å². The van der Waals surface area contributed by atoms with E-state index >= 15 is 0 Å². The summed E-state index contributed by atoms with van der Waals surface area (Å²) in [7, 11) is 1.73. The molecule has 0 saturated heterocycles. The number of aromatic nitrogens is 2. The van der Waals surface area contributed by atoms with Gasteiger partial charge in [-0.1, -0.05) is 6.07 Å². The highest BCUT2D eigenvalue weighted by Gasteiger charge is 2.22. The van der Waals surface area contributed by atoms with Crippen molar-refractivity contribution in [3.63, 3.8) is 0 Å². The van der Waals surface area contributed by atoms with E-state index in [0.29, 0.717) is 32.1 Å². The molecule has 0 fully saturated rings. The lowest BCUT2D eigenvalue weighted by Gasteiger charge is -2.27. The van der Waals surface area contributed by atoms with Crippen LogP contribution in [0.4, 0.5) is 4.79 Å². The maximum atomic E-state index is 12.6. The summed E-state index contributed by atoms with van der Waals surface area (Å²) in [6, 6.07) is 3.82. The summed E-state index contributed by atoms with van der Waals surface area (Å²) < 4.78 is 5.57. The first-order chi connectivity index (χ1) is 14.3. The number of thiazole rings is 1. The second kappa shape index (κ2) is 11.5. The highest BCUT2D eigenvalue weighted by atomic mass is 32.1. The summed E-state index contributed by atoms with van der Waals surface area (Å²) in [5.74, 6) is 0.707. The quantitative estimate of drug-likeness (QED) is 0.378. The fourth-order valence-corrected chi connectivity index (χ4v) is 3.34. The highest BCUT2D eigenvalue weighted by Crippen LogP contribution is 2.13.